The molecule has 0 saturated carbocycles. The van der Waals surface area contributed by atoms with Gasteiger partial charge in [0.25, 0.3) is 0 Å². The zero-order chi connectivity index (χ0) is 26.6. The number of halogens is 3. The average molecular weight is 726 g/mol. The summed E-state index contributed by atoms with van der Waals surface area (Å²) in [5.41, 5.74) is 1.29. The van der Waals surface area contributed by atoms with Crippen LogP contribution >= 0.6 is 34.8 Å². The molecule has 38 heavy (non-hydrogen) atoms. The SMILES string of the molecule is [Er+3].[O-]c1ccc(Cl)cc1C=NCCN(CCN=Cc1cc(Cl)ccc1[O-])CCN=Cc1cc(Cl)ccc1[O-]. The standard InChI is InChI=1S/C27H27Cl3N4O3.Er/c28-22-1-4-25(35)19(13-22)16-31-7-10-34(11-8-32-17-20-14-23(29)2-5-26(20)36)12-9-33-18-21-15-24(30)3-6-27(21)37;/h1-6,13-18,35-37H,7-12H2;/q;+3/p-3. The number of rotatable bonds is 12. The van der Waals surface area contributed by atoms with Crippen molar-refractivity contribution in [2.24, 2.45) is 15.0 Å². The third-order valence-electron chi connectivity index (χ3n) is 5.24. The first kappa shape index (κ1) is 32.4. The first-order valence-corrected chi connectivity index (χ1v) is 12.6. The molecular weight excluding hydrogens is 702 g/mol. The Morgan fingerprint density at radius 3 is 1.13 bits per heavy atom. The molecule has 1 radical (unpaired) electrons. The van der Waals surface area contributed by atoms with Crippen LogP contribution in [-0.2, 0) is 0 Å². The smallest absolute Gasteiger partial charge is 0.872 e. The fourth-order valence-corrected chi connectivity index (χ4v) is 3.82. The summed E-state index contributed by atoms with van der Waals surface area (Å²) in [6, 6.07) is 13.6. The van der Waals surface area contributed by atoms with Crippen molar-refractivity contribution in [1.82, 2.24) is 4.90 Å². The summed E-state index contributed by atoms with van der Waals surface area (Å²) in [4.78, 5) is 15.2. The molecule has 11 heteroatoms. The Hall–Kier alpha value is -1.85. The number of nitrogens with zero attached hydrogens (tertiary/aromatic N) is 4. The Morgan fingerprint density at radius 2 is 0.842 bits per heavy atom. The number of hydrogen-bond donors (Lipinski definition) is 0. The summed E-state index contributed by atoms with van der Waals surface area (Å²) in [5.74, 6) is -0.441. The van der Waals surface area contributed by atoms with Crippen molar-refractivity contribution >= 4 is 53.4 Å². The average Bonchev–Trinajstić information content (AvgIpc) is 2.87. The van der Waals surface area contributed by atoms with E-state index in [1.54, 1.807) is 36.4 Å². The molecule has 0 N–H and O–H groups in total. The normalized spacial score (nSPS) is 11.7. The molecule has 7 nitrogen and oxygen atoms in total. The predicted octanol–water partition coefficient (Wildman–Crippen LogP) is 3.83. The largest absolute Gasteiger partial charge is 3.00 e. The summed E-state index contributed by atoms with van der Waals surface area (Å²) in [7, 11) is 0. The van der Waals surface area contributed by atoms with Crippen molar-refractivity contribution in [3.8, 4) is 17.2 Å². The summed E-state index contributed by atoms with van der Waals surface area (Å²) in [5, 5.41) is 37.2. The first-order chi connectivity index (χ1) is 17.8. The molecule has 0 atom stereocenters. The molecule has 0 unspecified atom stereocenters. The van der Waals surface area contributed by atoms with Gasteiger partial charge in [-0.2, -0.15) is 0 Å². The van der Waals surface area contributed by atoms with E-state index in [9.17, 15) is 15.3 Å². The van der Waals surface area contributed by atoms with E-state index in [2.05, 4.69) is 19.9 Å². The number of aliphatic imine (C=N–C) groups is 3. The zero-order valence-electron chi connectivity index (χ0n) is 20.1. The molecule has 0 fully saturated rings. The van der Waals surface area contributed by atoms with Gasteiger partial charge < -0.3 is 15.3 Å². The van der Waals surface area contributed by atoms with Crippen molar-refractivity contribution in [2.45, 2.75) is 0 Å². The maximum atomic E-state index is 11.9. The number of hydrogen-bond acceptors (Lipinski definition) is 7. The second-order valence-corrected chi connectivity index (χ2v) is 9.30. The molecule has 3 aromatic rings. The summed E-state index contributed by atoms with van der Waals surface area (Å²) < 4.78 is 0. The van der Waals surface area contributed by atoms with Crippen LogP contribution in [0.5, 0.6) is 17.2 Å². The van der Waals surface area contributed by atoms with E-state index in [1.807, 2.05) is 0 Å². The van der Waals surface area contributed by atoms with E-state index >= 15 is 0 Å². The van der Waals surface area contributed by atoms with Crippen LogP contribution in [0.15, 0.2) is 69.6 Å². The molecule has 0 aliphatic heterocycles. The minimum absolute atomic E-state index is 0. The van der Waals surface area contributed by atoms with Crippen LogP contribution in [0.4, 0.5) is 0 Å². The van der Waals surface area contributed by atoms with Gasteiger partial charge in [0, 0.05) is 53.3 Å². The van der Waals surface area contributed by atoms with E-state index in [-0.39, 0.29) is 54.6 Å². The molecule has 0 amide bonds. The Labute approximate surface area is 266 Å². The molecule has 0 aromatic heterocycles. The van der Waals surface area contributed by atoms with Crippen molar-refractivity contribution in [2.75, 3.05) is 39.3 Å². The molecule has 0 bridgehead atoms. The zero-order valence-corrected chi connectivity index (χ0v) is 24.2. The molecule has 0 aliphatic carbocycles. The van der Waals surface area contributed by atoms with Gasteiger partial charge in [-0.3, -0.25) is 19.9 Å². The molecule has 3 aromatic carbocycles. The Balaban J connectivity index is 0.00000507. The van der Waals surface area contributed by atoms with Crippen LogP contribution in [-0.4, -0.2) is 62.8 Å². The molecule has 0 spiro atoms. The predicted molar refractivity (Wildman–Crippen MR) is 147 cm³/mol. The van der Waals surface area contributed by atoms with Gasteiger partial charge in [0.1, 0.15) is 0 Å². The van der Waals surface area contributed by atoms with E-state index in [0.717, 1.165) is 0 Å². The van der Waals surface area contributed by atoms with Gasteiger partial charge in [0.2, 0.25) is 0 Å². The minimum Gasteiger partial charge on any atom is -0.872 e. The van der Waals surface area contributed by atoms with Crippen LogP contribution in [0.1, 0.15) is 16.7 Å². The monoisotopic (exact) mass is 723 g/mol. The topological polar surface area (TPSA) is 110 Å². The number of benzene rings is 3. The summed E-state index contributed by atoms with van der Waals surface area (Å²) in [6.45, 7) is 3.09. The maximum absolute atomic E-state index is 11.9. The molecule has 0 aliphatic rings. The van der Waals surface area contributed by atoms with Crippen molar-refractivity contribution in [3.63, 3.8) is 0 Å². The van der Waals surface area contributed by atoms with Crippen molar-refractivity contribution in [1.29, 1.82) is 0 Å². The Kier molecular flexibility index (Phi) is 14.4. The van der Waals surface area contributed by atoms with Gasteiger partial charge in [-0.15, -0.1) is 0 Å². The molecule has 0 heterocycles. The summed E-state index contributed by atoms with van der Waals surface area (Å²) >= 11 is 17.9. The molecule has 203 valence electrons. The Morgan fingerprint density at radius 1 is 0.553 bits per heavy atom. The van der Waals surface area contributed by atoms with E-state index in [1.165, 1.54) is 36.8 Å². The van der Waals surface area contributed by atoms with E-state index in [4.69, 9.17) is 34.8 Å². The third kappa shape index (κ3) is 11.1. The van der Waals surface area contributed by atoms with Crippen LogP contribution in [0, 0.1) is 37.3 Å². The second-order valence-electron chi connectivity index (χ2n) is 7.99. The second kappa shape index (κ2) is 17.0. The van der Waals surface area contributed by atoms with Gasteiger partial charge >= 0.3 is 37.3 Å². The van der Waals surface area contributed by atoms with Crippen LogP contribution in [0.3, 0.4) is 0 Å². The fourth-order valence-electron chi connectivity index (χ4n) is 3.28. The minimum atomic E-state index is -0.147. The summed E-state index contributed by atoms with van der Waals surface area (Å²) in [6.07, 6.45) is 4.56. The van der Waals surface area contributed by atoms with Gasteiger partial charge in [-0.1, -0.05) is 70.3 Å². The van der Waals surface area contributed by atoms with Gasteiger partial charge in [-0.05, 0) is 53.1 Å². The van der Waals surface area contributed by atoms with Crippen molar-refractivity contribution < 1.29 is 52.6 Å². The quantitative estimate of drug-likeness (QED) is 0.265. The third-order valence-corrected chi connectivity index (χ3v) is 5.95. The fraction of sp³-hybridized carbons (Fsp3) is 0.222. The molecule has 3 rings (SSSR count). The van der Waals surface area contributed by atoms with Crippen LogP contribution < -0.4 is 15.3 Å². The van der Waals surface area contributed by atoms with Crippen molar-refractivity contribution in [3.05, 3.63) is 86.4 Å². The maximum Gasteiger partial charge on any atom is 3.00 e. The Bertz CT molecular complexity index is 1130. The van der Waals surface area contributed by atoms with E-state index in [0.29, 0.717) is 71.0 Å². The van der Waals surface area contributed by atoms with Crippen LogP contribution in [0.2, 0.25) is 15.1 Å². The molecule has 0 saturated heterocycles. The van der Waals surface area contributed by atoms with Crippen LogP contribution in [0.25, 0.3) is 0 Å². The van der Waals surface area contributed by atoms with Gasteiger partial charge in [0.05, 0.1) is 19.6 Å². The van der Waals surface area contributed by atoms with Gasteiger partial charge in [-0.25, -0.2) is 0 Å². The first-order valence-electron chi connectivity index (χ1n) is 11.4. The molecular formula is C27H24Cl3ErN4O3. The van der Waals surface area contributed by atoms with Gasteiger partial charge in [0.15, 0.2) is 0 Å². The van der Waals surface area contributed by atoms with E-state index < -0.39 is 0 Å².